The zero-order valence-electron chi connectivity index (χ0n) is 15.7. The summed E-state index contributed by atoms with van der Waals surface area (Å²) >= 11 is 1.75. The Bertz CT molecular complexity index is 506. The zero-order chi connectivity index (χ0) is 17.4. The molecule has 2 heterocycles. The largest absolute Gasteiger partial charge is 0.356 e. The number of guanidine groups is 1. The van der Waals surface area contributed by atoms with Gasteiger partial charge >= 0.3 is 0 Å². The molecule has 1 fully saturated rings. The first-order valence-electron chi connectivity index (χ1n) is 9.18. The molecule has 0 bridgehead atoms. The van der Waals surface area contributed by atoms with E-state index in [0.29, 0.717) is 0 Å². The summed E-state index contributed by atoms with van der Waals surface area (Å²) in [4.78, 5) is 12.8. The summed E-state index contributed by atoms with van der Waals surface area (Å²) in [5, 5.41) is 7.87. The van der Waals surface area contributed by atoms with E-state index in [1.807, 2.05) is 7.05 Å². The summed E-state index contributed by atoms with van der Waals surface area (Å²) in [5.74, 6) is 1.74. The minimum atomic E-state index is 0.741. The molecule has 1 aromatic heterocycles. The number of hydrogen-bond acceptors (Lipinski definition) is 4. The highest BCUT2D eigenvalue weighted by atomic mass is 32.1. The topological polar surface area (TPSA) is 52.6 Å². The van der Waals surface area contributed by atoms with Crippen LogP contribution in [-0.4, -0.2) is 49.1 Å². The Labute approximate surface area is 151 Å². The smallest absolute Gasteiger partial charge is 0.191 e. The molecule has 0 spiro atoms. The molecule has 2 N–H and O–H groups in total. The van der Waals surface area contributed by atoms with Crippen molar-refractivity contribution in [2.75, 3.05) is 33.2 Å². The van der Waals surface area contributed by atoms with Crippen LogP contribution < -0.4 is 10.6 Å². The van der Waals surface area contributed by atoms with E-state index in [1.54, 1.807) is 11.3 Å². The molecule has 0 amide bonds. The van der Waals surface area contributed by atoms with Crippen LogP contribution in [0.4, 0.5) is 0 Å². The summed E-state index contributed by atoms with van der Waals surface area (Å²) in [6, 6.07) is 0. The van der Waals surface area contributed by atoms with Gasteiger partial charge in [0.15, 0.2) is 5.96 Å². The highest BCUT2D eigenvalue weighted by Gasteiger charge is 2.15. The summed E-state index contributed by atoms with van der Waals surface area (Å²) in [6.07, 6.45) is 5.20. The van der Waals surface area contributed by atoms with E-state index in [1.165, 1.54) is 50.2 Å². The Kier molecular flexibility index (Phi) is 7.99. The van der Waals surface area contributed by atoms with Crippen LogP contribution in [0, 0.1) is 19.8 Å². The van der Waals surface area contributed by atoms with E-state index in [4.69, 9.17) is 0 Å². The monoisotopic (exact) mass is 351 g/mol. The van der Waals surface area contributed by atoms with Crippen molar-refractivity contribution in [3.63, 3.8) is 0 Å². The second-order valence-corrected chi connectivity index (χ2v) is 8.14. The van der Waals surface area contributed by atoms with Gasteiger partial charge in [-0.3, -0.25) is 4.99 Å². The molecule has 1 aromatic rings. The number of aryl methyl sites for hydroxylation is 2. The molecule has 0 aliphatic carbocycles. The molecule has 136 valence electrons. The summed E-state index contributed by atoms with van der Waals surface area (Å²) in [7, 11) is 1.82. The third-order valence-electron chi connectivity index (χ3n) is 4.64. The van der Waals surface area contributed by atoms with Gasteiger partial charge in [0.25, 0.3) is 0 Å². The lowest BCUT2D eigenvalue weighted by molar-refractivity contribution is 0.181. The number of aromatic nitrogens is 1. The zero-order valence-corrected chi connectivity index (χ0v) is 16.5. The van der Waals surface area contributed by atoms with Crippen molar-refractivity contribution >= 4 is 17.3 Å². The van der Waals surface area contributed by atoms with Crippen molar-refractivity contribution < 1.29 is 0 Å². The van der Waals surface area contributed by atoms with Gasteiger partial charge in [0.05, 0.1) is 12.2 Å². The maximum Gasteiger partial charge on any atom is 0.191 e. The van der Waals surface area contributed by atoms with Gasteiger partial charge in [0.2, 0.25) is 0 Å². The molecule has 2 rings (SSSR count). The first-order valence-corrected chi connectivity index (χ1v) is 10.00. The van der Waals surface area contributed by atoms with Crippen molar-refractivity contribution in [2.24, 2.45) is 10.9 Å². The molecule has 24 heavy (non-hydrogen) atoms. The molecular formula is C18H33N5S. The van der Waals surface area contributed by atoms with Gasteiger partial charge in [-0.1, -0.05) is 6.92 Å². The Morgan fingerprint density at radius 2 is 2.17 bits per heavy atom. The number of piperidine rings is 1. The first-order chi connectivity index (χ1) is 11.6. The van der Waals surface area contributed by atoms with Crippen LogP contribution in [0.15, 0.2) is 4.99 Å². The van der Waals surface area contributed by atoms with Crippen molar-refractivity contribution in [2.45, 2.75) is 53.0 Å². The predicted octanol–water partition coefficient (Wildman–Crippen LogP) is 2.94. The van der Waals surface area contributed by atoms with Gasteiger partial charge in [-0.15, -0.1) is 11.3 Å². The lowest BCUT2D eigenvalue weighted by atomic mass is 10.0. The highest BCUT2D eigenvalue weighted by molar-refractivity contribution is 7.11. The van der Waals surface area contributed by atoms with Crippen LogP contribution in [-0.2, 0) is 6.54 Å². The van der Waals surface area contributed by atoms with Crippen molar-refractivity contribution in [1.82, 2.24) is 20.5 Å². The van der Waals surface area contributed by atoms with Crippen LogP contribution in [0.5, 0.6) is 0 Å². The third-order valence-corrected chi connectivity index (χ3v) is 5.71. The minimum absolute atomic E-state index is 0.741. The molecule has 1 saturated heterocycles. The van der Waals surface area contributed by atoms with E-state index in [9.17, 15) is 0 Å². The number of nitrogens with zero attached hydrogens (tertiary/aromatic N) is 3. The van der Waals surface area contributed by atoms with Crippen LogP contribution in [0.1, 0.15) is 48.2 Å². The van der Waals surface area contributed by atoms with Gasteiger partial charge in [-0.25, -0.2) is 4.98 Å². The number of rotatable bonds is 7. The average Bonchev–Trinajstić information content (AvgIpc) is 2.88. The quantitative estimate of drug-likeness (QED) is 0.450. The number of thiazole rings is 1. The normalized spacial score (nSPS) is 19.5. The van der Waals surface area contributed by atoms with Crippen LogP contribution in [0.3, 0.4) is 0 Å². The Morgan fingerprint density at radius 1 is 1.33 bits per heavy atom. The second-order valence-electron chi connectivity index (χ2n) is 6.86. The fourth-order valence-electron chi connectivity index (χ4n) is 3.15. The van der Waals surface area contributed by atoms with E-state index in [0.717, 1.165) is 35.7 Å². The number of hydrogen-bond donors (Lipinski definition) is 2. The van der Waals surface area contributed by atoms with Crippen molar-refractivity contribution in [1.29, 1.82) is 0 Å². The lowest BCUT2D eigenvalue weighted by Crippen LogP contribution is -2.38. The first kappa shape index (κ1) is 19.2. The number of aliphatic imine (C=N–C) groups is 1. The lowest BCUT2D eigenvalue weighted by Gasteiger charge is -2.30. The van der Waals surface area contributed by atoms with E-state index < -0.39 is 0 Å². The van der Waals surface area contributed by atoms with E-state index >= 15 is 0 Å². The van der Waals surface area contributed by atoms with Gasteiger partial charge in [-0.2, -0.15) is 0 Å². The summed E-state index contributed by atoms with van der Waals surface area (Å²) < 4.78 is 0. The summed E-state index contributed by atoms with van der Waals surface area (Å²) in [5.41, 5.74) is 1.13. The standard InChI is InChI=1S/C18H33N5S/c1-14-8-7-11-23(13-14)10-6-5-9-20-18(19-4)21-12-17-22-15(2)16(3)24-17/h14H,5-13H2,1-4H3,(H2,19,20,21). The van der Waals surface area contributed by atoms with E-state index in [2.05, 4.69) is 46.3 Å². The number of unbranched alkanes of at least 4 members (excludes halogenated alkanes) is 1. The molecular weight excluding hydrogens is 318 g/mol. The van der Waals surface area contributed by atoms with Crippen molar-refractivity contribution in [3.8, 4) is 0 Å². The Morgan fingerprint density at radius 3 is 2.83 bits per heavy atom. The predicted molar refractivity (Wildman–Crippen MR) is 104 cm³/mol. The molecule has 5 nitrogen and oxygen atoms in total. The average molecular weight is 352 g/mol. The van der Waals surface area contributed by atoms with Crippen LogP contribution >= 0.6 is 11.3 Å². The Hall–Kier alpha value is -1.14. The molecule has 6 heteroatoms. The Balaban J connectivity index is 1.58. The number of likely N-dealkylation sites (tertiary alicyclic amines) is 1. The SMILES string of the molecule is CN=C(NCCCCN1CCCC(C)C1)NCc1nc(C)c(C)s1. The molecule has 1 aliphatic rings. The molecule has 0 radical (unpaired) electrons. The van der Waals surface area contributed by atoms with Crippen molar-refractivity contribution in [3.05, 3.63) is 15.6 Å². The molecule has 0 saturated carbocycles. The number of nitrogens with one attached hydrogen (secondary N) is 2. The van der Waals surface area contributed by atoms with E-state index in [-0.39, 0.29) is 0 Å². The molecule has 1 aliphatic heterocycles. The highest BCUT2D eigenvalue weighted by Crippen LogP contribution is 2.16. The minimum Gasteiger partial charge on any atom is -0.356 e. The molecule has 0 aromatic carbocycles. The molecule has 1 atom stereocenters. The van der Waals surface area contributed by atoms with Gasteiger partial charge in [0, 0.05) is 25.0 Å². The third kappa shape index (κ3) is 6.40. The fraction of sp³-hybridized carbons (Fsp3) is 0.778. The second kappa shape index (κ2) is 9.99. The fourth-order valence-corrected chi connectivity index (χ4v) is 4.03. The van der Waals surface area contributed by atoms with Gasteiger partial charge in [-0.05, 0) is 58.5 Å². The maximum absolute atomic E-state index is 4.55. The summed E-state index contributed by atoms with van der Waals surface area (Å²) in [6.45, 7) is 12.1. The molecule has 1 unspecified atom stereocenters. The van der Waals surface area contributed by atoms with Gasteiger partial charge < -0.3 is 15.5 Å². The van der Waals surface area contributed by atoms with Crippen LogP contribution in [0.2, 0.25) is 0 Å². The van der Waals surface area contributed by atoms with Crippen LogP contribution in [0.25, 0.3) is 0 Å². The maximum atomic E-state index is 4.55. The van der Waals surface area contributed by atoms with Gasteiger partial charge in [0.1, 0.15) is 5.01 Å².